The van der Waals surface area contributed by atoms with Gasteiger partial charge in [-0.2, -0.15) is 0 Å². The number of nitrogens with one attached hydrogen (secondary N) is 4. The van der Waals surface area contributed by atoms with E-state index in [1.165, 1.54) is 23.6 Å². The van der Waals surface area contributed by atoms with Crippen LogP contribution in [0.15, 0.2) is 0 Å². The predicted molar refractivity (Wildman–Crippen MR) is 63.5 cm³/mol. The third-order valence-corrected chi connectivity index (χ3v) is 3.64. The van der Waals surface area contributed by atoms with Crippen LogP contribution in [-0.4, -0.2) is 58.3 Å². The number of hydrogen-bond donors (Lipinski definition) is 4. The molecule has 0 bridgehead atoms. The fourth-order valence-electron chi connectivity index (χ4n) is 2.95. The highest BCUT2D eigenvalue weighted by molar-refractivity contribution is 5.86. The Morgan fingerprint density at radius 2 is 1.00 bits per heavy atom. The Balaban J connectivity index is 2.04. The lowest BCUT2D eigenvalue weighted by atomic mass is 10.1. The summed E-state index contributed by atoms with van der Waals surface area (Å²) in [5, 5.41) is 10.3. The Labute approximate surface area is 113 Å². The molecule has 3 rings (SSSR count). The van der Waals surface area contributed by atoms with Crippen LogP contribution < -0.4 is 21.3 Å². The number of carbonyl (C=O) groups is 4. The van der Waals surface area contributed by atoms with Crippen molar-refractivity contribution in [3.63, 3.8) is 0 Å². The molecule has 3 fully saturated rings. The highest BCUT2D eigenvalue weighted by atomic mass is 16.2. The van der Waals surface area contributed by atoms with Crippen LogP contribution >= 0.6 is 0 Å². The summed E-state index contributed by atoms with van der Waals surface area (Å²) in [6, 6.07) is -0.937. The van der Waals surface area contributed by atoms with Crippen LogP contribution in [0.25, 0.3) is 0 Å². The van der Waals surface area contributed by atoms with Gasteiger partial charge in [0.15, 0.2) is 0 Å². The quantitative estimate of drug-likeness (QED) is 0.396. The third kappa shape index (κ3) is 1.57. The number of carbonyl (C=O) groups excluding carboxylic acids is 4. The van der Waals surface area contributed by atoms with E-state index >= 15 is 0 Å². The molecule has 3 saturated heterocycles. The summed E-state index contributed by atoms with van der Waals surface area (Å²) in [4.78, 5) is 49.4. The molecule has 0 aliphatic carbocycles. The van der Waals surface area contributed by atoms with Gasteiger partial charge in [-0.15, -0.1) is 0 Å². The van der Waals surface area contributed by atoms with Crippen molar-refractivity contribution in [1.29, 1.82) is 0 Å². The summed E-state index contributed by atoms with van der Waals surface area (Å²) in [7, 11) is 0. The van der Waals surface area contributed by atoms with E-state index in [-0.39, 0.29) is 11.8 Å². The van der Waals surface area contributed by atoms with Gasteiger partial charge >= 0.3 is 12.1 Å². The van der Waals surface area contributed by atoms with Crippen LogP contribution in [0.1, 0.15) is 13.8 Å². The van der Waals surface area contributed by atoms with E-state index in [9.17, 15) is 19.2 Å². The zero-order valence-electron chi connectivity index (χ0n) is 10.8. The van der Waals surface area contributed by atoms with Crippen molar-refractivity contribution in [1.82, 2.24) is 31.1 Å². The topological polar surface area (TPSA) is 123 Å². The highest BCUT2D eigenvalue weighted by Gasteiger charge is 2.56. The number of piperazine rings is 1. The van der Waals surface area contributed by atoms with E-state index in [1.54, 1.807) is 0 Å². The Hall–Kier alpha value is -2.52. The molecule has 10 heteroatoms. The average Bonchev–Trinajstić information content (AvgIpc) is 2.85. The maximum absolute atomic E-state index is 11.8. The van der Waals surface area contributed by atoms with Gasteiger partial charge < -0.3 is 21.3 Å². The van der Waals surface area contributed by atoms with Gasteiger partial charge in [0, 0.05) is 13.8 Å². The maximum atomic E-state index is 11.8. The Kier molecular flexibility index (Phi) is 2.49. The van der Waals surface area contributed by atoms with E-state index in [0.717, 1.165) is 0 Å². The molecular formula is C10H14N6O4. The molecule has 20 heavy (non-hydrogen) atoms. The fraction of sp³-hybridized carbons (Fsp3) is 0.600. The molecule has 3 aliphatic heterocycles. The zero-order chi connectivity index (χ0) is 14.6. The van der Waals surface area contributed by atoms with Crippen molar-refractivity contribution in [2.45, 2.75) is 38.5 Å². The van der Waals surface area contributed by atoms with Gasteiger partial charge in [0.05, 0.1) is 0 Å². The molecule has 0 spiro atoms. The van der Waals surface area contributed by atoms with Crippen LogP contribution in [0, 0.1) is 0 Å². The van der Waals surface area contributed by atoms with Crippen LogP contribution in [0.4, 0.5) is 9.59 Å². The fourth-order valence-corrected chi connectivity index (χ4v) is 2.95. The number of hydrogen-bond acceptors (Lipinski definition) is 4. The first-order chi connectivity index (χ1) is 9.40. The summed E-state index contributed by atoms with van der Waals surface area (Å²) in [5.41, 5.74) is 0. The van der Waals surface area contributed by atoms with E-state index in [4.69, 9.17) is 0 Å². The van der Waals surface area contributed by atoms with E-state index < -0.39 is 36.7 Å². The van der Waals surface area contributed by atoms with E-state index in [0.29, 0.717) is 0 Å². The summed E-state index contributed by atoms with van der Waals surface area (Å²) >= 11 is 0. The molecule has 4 atom stereocenters. The predicted octanol–water partition coefficient (Wildman–Crippen LogP) is -2.37. The van der Waals surface area contributed by atoms with Gasteiger partial charge in [-0.05, 0) is 0 Å². The molecule has 108 valence electrons. The number of urea groups is 2. The Morgan fingerprint density at radius 3 is 1.20 bits per heavy atom. The largest absolute Gasteiger partial charge is 0.318 e. The molecule has 3 heterocycles. The second-order valence-electron chi connectivity index (χ2n) is 4.87. The zero-order valence-corrected chi connectivity index (χ0v) is 10.8. The van der Waals surface area contributed by atoms with Crippen molar-refractivity contribution in [2.24, 2.45) is 0 Å². The molecule has 3 aliphatic rings. The van der Waals surface area contributed by atoms with Gasteiger partial charge in [0.25, 0.3) is 0 Å². The normalized spacial score (nSPS) is 34.5. The lowest BCUT2D eigenvalue weighted by molar-refractivity contribution is -0.157. The van der Waals surface area contributed by atoms with Gasteiger partial charge in [-0.1, -0.05) is 0 Å². The molecule has 10 nitrogen and oxygen atoms in total. The average molecular weight is 282 g/mol. The molecule has 0 radical (unpaired) electrons. The molecule has 6 amide bonds. The summed E-state index contributed by atoms with van der Waals surface area (Å²) in [5.74, 6) is -0.627. The van der Waals surface area contributed by atoms with Crippen molar-refractivity contribution in [3.05, 3.63) is 0 Å². The lowest BCUT2D eigenvalue weighted by Gasteiger charge is -2.48. The first kappa shape index (κ1) is 12.5. The minimum Gasteiger partial charge on any atom is -0.314 e. The SMILES string of the molecule is CC(=O)N1[C@@H]2NC(=O)N[C@@H]2N(C(C)=O)[C@@H]2NC(=O)N[C@@H]21. The minimum atomic E-state index is -0.717. The number of nitrogens with zero attached hydrogens (tertiary/aromatic N) is 2. The molecule has 0 aromatic heterocycles. The smallest absolute Gasteiger partial charge is 0.314 e. The van der Waals surface area contributed by atoms with Crippen LogP contribution in [-0.2, 0) is 9.59 Å². The summed E-state index contributed by atoms with van der Waals surface area (Å²) < 4.78 is 0. The maximum Gasteiger partial charge on any atom is 0.318 e. The lowest BCUT2D eigenvalue weighted by Crippen LogP contribution is -2.74. The molecule has 0 unspecified atom stereocenters. The number of amides is 6. The van der Waals surface area contributed by atoms with Gasteiger partial charge in [-0.25, -0.2) is 9.59 Å². The second kappa shape index (κ2) is 3.99. The first-order valence-electron chi connectivity index (χ1n) is 6.12. The Bertz CT molecular complexity index is 448. The standard InChI is InChI=1S/C10H14N6O4/c1-3(17)15-5-7(13-9(19)11-5)16(4(2)18)8-6(15)12-10(20)14-8/h5-8H,1-2H3,(H2,11,13,19)(H2,12,14,20)/t5-,6+,7+,8-. The van der Waals surface area contributed by atoms with E-state index in [2.05, 4.69) is 21.3 Å². The molecule has 0 aromatic rings. The van der Waals surface area contributed by atoms with Crippen LogP contribution in [0.5, 0.6) is 0 Å². The molecule has 4 N–H and O–H groups in total. The second-order valence-corrected chi connectivity index (χ2v) is 4.87. The highest BCUT2D eigenvalue weighted by Crippen LogP contribution is 2.27. The van der Waals surface area contributed by atoms with E-state index in [1.807, 2.05) is 0 Å². The minimum absolute atomic E-state index is 0.314. The summed E-state index contributed by atoms with van der Waals surface area (Å²) in [6.45, 7) is 2.68. The monoisotopic (exact) mass is 282 g/mol. The number of rotatable bonds is 0. The van der Waals surface area contributed by atoms with Gasteiger partial charge in [-0.3, -0.25) is 19.4 Å². The number of fused-ring (bicyclic) bond motifs is 2. The van der Waals surface area contributed by atoms with Crippen molar-refractivity contribution >= 4 is 23.9 Å². The van der Waals surface area contributed by atoms with Crippen LogP contribution in [0.2, 0.25) is 0 Å². The van der Waals surface area contributed by atoms with Crippen molar-refractivity contribution < 1.29 is 19.2 Å². The third-order valence-electron chi connectivity index (χ3n) is 3.64. The molecular weight excluding hydrogens is 268 g/mol. The first-order valence-corrected chi connectivity index (χ1v) is 6.12. The van der Waals surface area contributed by atoms with Crippen molar-refractivity contribution in [2.75, 3.05) is 0 Å². The Morgan fingerprint density at radius 1 is 0.750 bits per heavy atom. The van der Waals surface area contributed by atoms with Gasteiger partial charge in [0.1, 0.15) is 24.7 Å². The molecule has 0 saturated carbocycles. The molecule has 0 aromatic carbocycles. The van der Waals surface area contributed by atoms with Crippen molar-refractivity contribution in [3.8, 4) is 0 Å². The summed E-state index contributed by atoms with van der Waals surface area (Å²) in [6.07, 6.45) is -2.87. The van der Waals surface area contributed by atoms with Gasteiger partial charge in [0.2, 0.25) is 11.8 Å². The van der Waals surface area contributed by atoms with Crippen LogP contribution in [0.3, 0.4) is 0 Å².